The molecule has 0 radical (unpaired) electrons. The van der Waals surface area contributed by atoms with Crippen LogP contribution >= 0.6 is 0 Å². The fourth-order valence-corrected chi connectivity index (χ4v) is 3.25. The summed E-state index contributed by atoms with van der Waals surface area (Å²) in [5.41, 5.74) is 4.01. The van der Waals surface area contributed by atoms with Crippen molar-refractivity contribution in [3.05, 3.63) is 46.5 Å². The van der Waals surface area contributed by atoms with Gasteiger partial charge in [0.05, 0.1) is 27.8 Å². The molecule has 2 aromatic rings. The number of hydrogen-bond acceptors (Lipinski definition) is 5. The second-order valence-electron chi connectivity index (χ2n) is 6.12. The summed E-state index contributed by atoms with van der Waals surface area (Å²) < 4.78 is 21.8. The monoisotopic (exact) mass is 342 g/mol. The van der Waals surface area contributed by atoms with E-state index >= 15 is 0 Å². The Morgan fingerprint density at radius 2 is 1.64 bits per heavy atom. The zero-order chi connectivity index (χ0) is 18.1. The van der Waals surface area contributed by atoms with Crippen LogP contribution in [0.4, 0.5) is 0 Å². The maximum atomic E-state index is 12.2. The van der Waals surface area contributed by atoms with Crippen molar-refractivity contribution in [1.29, 1.82) is 0 Å². The van der Waals surface area contributed by atoms with Crippen molar-refractivity contribution >= 4 is 5.97 Å². The predicted molar refractivity (Wildman–Crippen MR) is 94.1 cm³/mol. The van der Waals surface area contributed by atoms with Crippen LogP contribution in [-0.4, -0.2) is 27.3 Å². The van der Waals surface area contributed by atoms with Gasteiger partial charge in [-0.25, -0.2) is 0 Å². The Morgan fingerprint density at radius 1 is 1.00 bits per heavy atom. The van der Waals surface area contributed by atoms with Gasteiger partial charge in [-0.2, -0.15) is 0 Å². The Balaban J connectivity index is 2.18. The lowest BCUT2D eigenvalue weighted by molar-refractivity contribution is -0.135. The first-order chi connectivity index (χ1) is 12.0. The number of carbonyl (C=O) groups is 1. The Labute approximate surface area is 147 Å². The Kier molecular flexibility index (Phi) is 4.57. The Hall–Kier alpha value is -2.69. The van der Waals surface area contributed by atoms with Gasteiger partial charge < -0.3 is 18.9 Å². The van der Waals surface area contributed by atoms with E-state index in [4.69, 9.17) is 18.9 Å². The first kappa shape index (κ1) is 17.1. The minimum atomic E-state index is -0.236. The molecule has 0 aliphatic carbocycles. The average molecular weight is 342 g/mol. The molecule has 0 amide bonds. The molecule has 1 atom stereocenters. The van der Waals surface area contributed by atoms with Crippen LogP contribution in [0.3, 0.4) is 0 Å². The SMILES string of the molecule is COc1cc(C2CC(=O)Oc3c2ccc(C)c3C)cc(OC)c1OC. The van der Waals surface area contributed by atoms with Crippen molar-refractivity contribution in [1.82, 2.24) is 0 Å². The molecule has 132 valence electrons. The highest BCUT2D eigenvalue weighted by molar-refractivity contribution is 5.79. The van der Waals surface area contributed by atoms with Crippen LogP contribution in [0.5, 0.6) is 23.0 Å². The second-order valence-corrected chi connectivity index (χ2v) is 6.12. The molecular weight excluding hydrogens is 320 g/mol. The van der Waals surface area contributed by atoms with Crippen LogP contribution in [0.15, 0.2) is 24.3 Å². The molecule has 3 rings (SSSR count). The zero-order valence-electron chi connectivity index (χ0n) is 15.1. The van der Waals surface area contributed by atoms with E-state index in [0.29, 0.717) is 23.0 Å². The molecule has 0 aromatic heterocycles. The summed E-state index contributed by atoms with van der Waals surface area (Å²) in [6.07, 6.45) is 0.272. The standard InChI is InChI=1S/C20H22O5/c1-11-6-7-14-15(10-18(21)25-19(14)12(11)2)13-8-16(22-3)20(24-5)17(9-13)23-4/h6-9,15H,10H2,1-5H3. The molecule has 0 spiro atoms. The van der Waals surface area contributed by atoms with Gasteiger partial charge in [0.15, 0.2) is 11.5 Å². The van der Waals surface area contributed by atoms with E-state index in [1.54, 1.807) is 21.3 Å². The van der Waals surface area contributed by atoms with Crippen LogP contribution in [0.1, 0.15) is 34.6 Å². The second kappa shape index (κ2) is 6.67. The number of methoxy groups -OCH3 is 3. The summed E-state index contributed by atoms with van der Waals surface area (Å²) in [6.45, 7) is 3.98. The summed E-state index contributed by atoms with van der Waals surface area (Å²) in [4.78, 5) is 12.2. The number of benzene rings is 2. The summed E-state index contributed by atoms with van der Waals surface area (Å²) >= 11 is 0. The van der Waals surface area contributed by atoms with Gasteiger partial charge in [0.1, 0.15) is 5.75 Å². The molecule has 1 unspecified atom stereocenters. The van der Waals surface area contributed by atoms with Crippen molar-refractivity contribution < 1.29 is 23.7 Å². The normalized spacial score (nSPS) is 16.0. The first-order valence-electron chi connectivity index (χ1n) is 8.10. The molecule has 1 aliphatic rings. The number of carbonyl (C=O) groups excluding carboxylic acids is 1. The smallest absolute Gasteiger partial charge is 0.312 e. The fraction of sp³-hybridized carbons (Fsp3) is 0.350. The number of fused-ring (bicyclic) bond motifs is 1. The maximum Gasteiger partial charge on any atom is 0.312 e. The van der Waals surface area contributed by atoms with Crippen LogP contribution in [0, 0.1) is 13.8 Å². The van der Waals surface area contributed by atoms with E-state index in [0.717, 1.165) is 22.3 Å². The molecule has 0 bridgehead atoms. The molecule has 0 N–H and O–H groups in total. The Morgan fingerprint density at radius 3 is 2.20 bits per heavy atom. The van der Waals surface area contributed by atoms with E-state index in [1.165, 1.54) is 0 Å². The van der Waals surface area contributed by atoms with Gasteiger partial charge in [-0.05, 0) is 42.7 Å². The van der Waals surface area contributed by atoms with Crippen molar-refractivity contribution in [2.75, 3.05) is 21.3 Å². The molecule has 0 saturated carbocycles. The van der Waals surface area contributed by atoms with E-state index in [1.807, 2.05) is 32.0 Å². The van der Waals surface area contributed by atoms with Gasteiger partial charge in [-0.15, -0.1) is 0 Å². The third-order valence-corrected chi connectivity index (χ3v) is 4.76. The highest BCUT2D eigenvalue weighted by Crippen LogP contribution is 2.46. The lowest BCUT2D eigenvalue weighted by atomic mass is 9.84. The van der Waals surface area contributed by atoms with E-state index in [9.17, 15) is 4.79 Å². The minimum Gasteiger partial charge on any atom is -0.493 e. The fourth-order valence-electron chi connectivity index (χ4n) is 3.25. The third kappa shape index (κ3) is 2.90. The number of aryl methyl sites for hydroxylation is 1. The van der Waals surface area contributed by atoms with E-state index < -0.39 is 0 Å². The molecule has 2 aromatic carbocycles. The highest BCUT2D eigenvalue weighted by Gasteiger charge is 2.31. The number of esters is 1. The summed E-state index contributed by atoms with van der Waals surface area (Å²) in [5.74, 6) is 1.98. The number of hydrogen-bond donors (Lipinski definition) is 0. The van der Waals surface area contributed by atoms with Crippen molar-refractivity contribution in [2.24, 2.45) is 0 Å². The summed E-state index contributed by atoms with van der Waals surface area (Å²) in [7, 11) is 4.73. The minimum absolute atomic E-state index is 0.121. The van der Waals surface area contributed by atoms with Crippen molar-refractivity contribution in [2.45, 2.75) is 26.2 Å². The van der Waals surface area contributed by atoms with Crippen LogP contribution in [0.2, 0.25) is 0 Å². The van der Waals surface area contributed by atoms with Crippen molar-refractivity contribution in [3.8, 4) is 23.0 Å². The lowest BCUT2D eigenvalue weighted by Gasteiger charge is -2.27. The largest absolute Gasteiger partial charge is 0.493 e. The van der Waals surface area contributed by atoms with E-state index in [2.05, 4.69) is 6.07 Å². The van der Waals surface area contributed by atoms with Gasteiger partial charge in [0.2, 0.25) is 5.75 Å². The quantitative estimate of drug-likeness (QED) is 0.625. The van der Waals surface area contributed by atoms with Crippen LogP contribution in [0.25, 0.3) is 0 Å². The van der Waals surface area contributed by atoms with Crippen LogP contribution in [-0.2, 0) is 4.79 Å². The third-order valence-electron chi connectivity index (χ3n) is 4.76. The first-order valence-corrected chi connectivity index (χ1v) is 8.10. The molecular formula is C20H22O5. The molecule has 5 heteroatoms. The number of ether oxygens (including phenoxy) is 4. The predicted octanol–water partition coefficient (Wildman–Crippen LogP) is 3.77. The molecule has 5 nitrogen and oxygen atoms in total. The van der Waals surface area contributed by atoms with Crippen molar-refractivity contribution in [3.63, 3.8) is 0 Å². The number of rotatable bonds is 4. The highest BCUT2D eigenvalue weighted by atomic mass is 16.5. The van der Waals surface area contributed by atoms with Gasteiger partial charge in [-0.1, -0.05) is 12.1 Å². The maximum absolute atomic E-state index is 12.2. The van der Waals surface area contributed by atoms with Gasteiger partial charge >= 0.3 is 5.97 Å². The van der Waals surface area contributed by atoms with Gasteiger partial charge in [0, 0.05) is 11.5 Å². The van der Waals surface area contributed by atoms with E-state index in [-0.39, 0.29) is 18.3 Å². The average Bonchev–Trinajstić information content (AvgIpc) is 2.63. The van der Waals surface area contributed by atoms with Crippen LogP contribution < -0.4 is 18.9 Å². The molecule has 1 heterocycles. The molecule has 25 heavy (non-hydrogen) atoms. The topological polar surface area (TPSA) is 54.0 Å². The zero-order valence-corrected chi connectivity index (χ0v) is 15.1. The summed E-state index contributed by atoms with van der Waals surface area (Å²) in [5, 5.41) is 0. The Bertz CT molecular complexity index is 800. The molecule has 0 fully saturated rings. The molecule has 0 saturated heterocycles. The molecule has 1 aliphatic heterocycles. The summed E-state index contributed by atoms with van der Waals surface area (Å²) in [6, 6.07) is 7.86. The van der Waals surface area contributed by atoms with Gasteiger partial charge in [-0.3, -0.25) is 4.79 Å². The lowest BCUT2D eigenvalue weighted by Crippen LogP contribution is -2.22. The van der Waals surface area contributed by atoms with Gasteiger partial charge in [0.25, 0.3) is 0 Å².